The number of aromatic nitrogens is 1. The molecular formula is C21H15FN2O3. The number of hydrogen-bond donors (Lipinski definition) is 2. The molecule has 0 saturated heterocycles. The van der Waals surface area contributed by atoms with Crippen molar-refractivity contribution < 1.29 is 19.0 Å². The lowest BCUT2D eigenvalue weighted by Gasteiger charge is -2.04. The van der Waals surface area contributed by atoms with Gasteiger partial charge in [-0.1, -0.05) is 6.07 Å². The molecule has 4 aromatic rings. The summed E-state index contributed by atoms with van der Waals surface area (Å²) in [6.07, 6.45) is 1.53. The summed E-state index contributed by atoms with van der Waals surface area (Å²) < 4.78 is 19.1. The second kappa shape index (κ2) is 6.57. The molecule has 2 N–H and O–H groups in total. The first-order chi connectivity index (χ1) is 13.0. The molecule has 5 nitrogen and oxygen atoms in total. The molecule has 0 aliphatic heterocycles. The molecule has 0 radical (unpaired) electrons. The Morgan fingerprint density at radius 2 is 1.93 bits per heavy atom. The lowest BCUT2D eigenvalue weighted by Crippen LogP contribution is -1.87. The number of aryl methyl sites for hydroxylation is 1. The van der Waals surface area contributed by atoms with Gasteiger partial charge in [-0.15, -0.1) is 0 Å². The fourth-order valence-corrected chi connectivity index (χ4v) is 2.81. The van der Waals surface area contributed by atoms with Crippen molar-refractivity contribution in [3.8, 4) is 23.0 Å². The van der Waals surface area contributed by atoms with Crippen molar-refractivity contribution in [2.45, 2.75) is 6.92 Å². The van der Waals surface area contributed by atoms with Gasteiger partial charge < -0.3 is 14.6 Å². The summed E-state index contributed by atoms with van der Waals surface area (Å²) in [5.74, 6) is -0.0787. The Morgan fingerprint density at radius 3 is 2.70 bits per heavy atom. The molecular weight excluding hydrogens is 347 g/mol. The smallest absolute Gasteiger partial charge is 0.227 e. The third kappa shape index (κ3) is 3.37. The average molecular weight is 362 g/mol. The molecule has 0 saturated carbocycles. The van der Waals surface area contributed by atoms with E-state index >= 15 is 0 Å². The van der Waals surface area contributed by atoms with E-state index in [9.17, 15) is 14.6 Å². The first-order valence-electron chi connectivity index (χ1n) is 8.23. The number of aromatic hydroxyl groups is 2. The number of benzene rings is 3. The molecule has 0 aliphatic carbocycles. The number of phenolic OH excluding ortho intramolecular Hbond substituents is 2. The third-order valence-corrected chi connectivity index (χ3v) is 4.14. The fourth-order valence-electron chi connectivity index (χ4n) is 2.81. The molecule has 0 aliphatic rings. The normalized spacial score (nSPS) is 11.5. The largest absolute Gasteiger partial charge is 0.508 e. The van der Waals surface area contributed by atoms with Gasteiger partial charge in [0.05, 0.1) is 5.69 Å². The van der Waals surface area contributed by atoms with E-state index in [0.29, 0.717) is 39.4 Å². The predicted molar refractivity (Wildman–Crippen MR) is 101 cm³/mol. The number of oxazole rings is 1. The summed E-state index contributed by atoms with van der Waals surface area (Å²) >= 11 is 0. The van der Waals surface area contributed by atoms with Gasteiger partial charge in [0.25, 0.3) is 0 Å². The summed E-state index contributed by atoms with van der Waals surface area (Å²) in [4.78, 5) is 8.76. The summed E-state index contributed by atoms with van der Waals surface area (Å²) in [6, 6.07) is 14.1. The molecule has 0 fully saturated rings. The Balaban J connectivity index is 1.68. The molecule has 0 unspecified atom stereocenters. The van der Waals surface area contributed by atoms with Gasteiger partial charge in [-0.3, -0.25) is 4.99 Å². The quantitative estimate of drug-likeness (QED) is 0.497. The first-order valence-corrected chi connectivity index (χ1v) is 8.23. The minimum atomic E-state index is -0.357. The van der Waals surface area contributed by atoms with Crippen LogP contribution in [0.25, 0.3) is 22.6 Å². The number of halogens is 1. The molecule has 6 heteroatoms. The van der Waals surface area contributed by atoms with Crippen LogP contribution in [0.1, 0.15) is 11.1 Å². The number of nitrogens with zero attached hydrogens (tertiary/aromatic N) is 2. The van der Waals surface area contributed by atoms with Crippen LogP contribution in [0.5, 0.6) is 11.5 Å². The molecule has 4 rings (SSSR count). The van der Waals surface area contributed by atoms with Crippen molar-refractivity contribution in [3.05, 3.63) is 71.5 Å². The van der Waals surface area contributed by atoms with Crippen molar-refractivity contribution in [1.29, 1.82) is 0 Å². The van der Waals surface area contributed by atoms with Gasteiger partial charge in [-0.05, 0) is 55.0 Å². The maximum atomic E-state index is 13.4. The van der Waals surface area contributed by atoms with Crippen LogP contribution in [0.15, 0.2) is 64.0 Å². The van der Waals surface area contributed by atoms with Crippen LogP contribution >= 0.6 is 0 Å². The zero-order chi connectivity index (χ0) is 19.0. The van der Waals surface area contributed by atoms with Gasteiger partial charge in [-0.25, -0.2) is 9.37 Å². The highest BCUT2D eigenvalue weighted by Crippen LogP contribution is 2.29. The van der Waals surface area contributed by atoms with Crippen molar-refractivity contribution in [2.75, 3.05) is 0 Å². The molecule has 0 bridgehead atoms. The standard InChI is InChI=1S/C21H15FN2O3/c1-12-7-16(25)10-19(26)17(12)11-23-15-5-6-20-18(9-15)24-21(27-20)13-3-2-4-14(22)8-13/h2-11,25-26H,1H3. The number of hydrogen-bond acceptors (Lipinski definition) is 5. The number of phenols is 2. The lowest BCUT2D eigenvalue weighted by atomic mass is 10.1. The van der Waals surface area contributed by atoms with Crippen LogP contribution in [-0.2, 0) is 0 Å². The average Bonchev–Trinajstić information content (AvgIpc) is 3.04. The molecule has 1 heterocycles. The van der Waals surface area contributed by atoms with Crippen molar-refractivity contribution in [1.82, 2.24) is 4.98 Å². The Morgan fingerprint density at radius 1 is 1.07 bits per heavy atom. The van der Waals surface area contributed by atoms with E-state index in [1.165, 1.54) is 24.4 Å². The number of rotatable bonds is 3. The fraction of sp³-hybridized carbons (Fsp3) is 0.0476. The zero-order valence-electron chi connectivity index (χ0n) is 14.3. The molecule has 0 atom stereocenters. The second-order valence-corrected chi connectivity index (χ2v) is 6.14. The molecule has 27 heavy (non-hydrogen) atoms. The van der Waals surface area contributed by atoms with E-state index in [1.807, 2.05) is 0 Å². The van der Waals surface area contributed by atoms with Crippen molar-refractivity contribution in [3.63, 3.8) is 0 Å². The minimum Gasteiger partial charge on any atom is -0.508 e. The number of fused-ring (bicyclic) bond motifs is 1. The van der Waals surface area contributed by atoms with Crippen molar-refractivity contribution >= 4 is 23.0 Å². The van der Waals surface area contributed by atoms with Crippen LogP contribution in [-0.4, -0.2) is 21.4 Å². The van der Waals surface area contributed by atoms with Crippen molar-refractivity contribution in [2.24, 2.45) is 4.99 Å². The van der Waals surface area contributed by atoms with E-state index in [1.54, 1.807) is 43.3 Å². The lowest BCUT2D eigenvalue weighted by molar-refractivity contribution is 0.449. The SMILES string of the molecule is Cc1cc(O)cc(O)c1C=Nc1ccc2oc(-c3cccc(F)c3)nc2c1. The van der Waals surface area contributed by atoms with Gasteiger partial charge >= 0.3 is 0 Å². The maximum Gasteiger partial charge on any atom is 0.227 e. The number of aliphatic imine (C=N–C) groups is 1. The highest BCUT2D eigenvalue weighted by molar-refractivity contribution is 5.88. The van der Waals surface area contributed by atoms with E-state index < -0.39 is 0 Å². The zero-order valence-corrected chi connectivity index (χ0v) is 14.3. The first kappa shape index (κ1) is 16.8. The van der Waals surface area contributed by atoms with Crippen LogP contribution in [0.2, 0.25) is 0 Å². The van der Waals surface area contributed by atoms with Crippen LogP contribution in [0.3, 0.4) is 0 Å². The molecule has 3 aromatic carbocycles. The van der Waals surface area contributed by atoms with Gasteiger partial charge in [0.15, 0.2) is 5.58 Å². The Hall–Kier alpha value is -3.67. The predicted octanol–water partition coefficient (Wildman–Crippen LogP) is 5.10. The maximum absolute atomic E-state index is 13.4. The van der Waals surface area contributed by atoms with Crippen LogP contribution < -0.4 is 0 Å². The van der Waals surface area contributed by atoms with Gasteiger partial charge in [0.1, 0.15) is 22.8 Å². The van der Waals surface area contributed by atoms with E-state index in [0.717, 1.165) is 0 Å². The van der Waals surface area contributed by atoms with Gasteiger partial charge in [0, 0.05) is 23.4 Å². The highest BCUT2D eigenvalue weighted by Gasteiger charge is 2.10. The van der Waals surface area contributed by atoms with E-state index in [2.05, 4.69) is 9.98 Å². The Labute approximate surface area is 154 Å². The van der Waals surface area contributed by atoms with Crippen LogP contribution in [0, 0.1) is 12.7 Å². The second-order valence-electron chi connectivity index (χ2n) is 6.14. The Kier molecular flexibility index (Phi) is 4.08. The molecule has 1 aromatic heterocycles. The Bertz CT molecular complexity index is 1160. The third-order valence-electron chi connectivity index (χ3n) is 4.14. The monoisotopic (exact) mass is 362 g/mol. The molecule has 0 spiro atoms. The van der Waals surface area contributed by atoms with Crippen LogP contribution in [0.4, 0.5) is 10.1 Å². The summed E-state index contributed by atoms with van der Waals surface area (Å²) in [6.45, 7) is 1.77. The van der Waals surface area contributed by atoms with Gasteiger partial charge in [0.2, 0.25) is 5.89 Å². The summed E-state index contributed by atoms with van der Waals surface area (Å²) in [5.41, 5.74) is 3.56. The summed E-state index contributed by atoms with van der Waals surface area (Å²) in [7, 11) is 0. The van der Waals surface area contributed by atoms with Gasteiger partial charge in [-0.2, -0.15) is 0 Å². The van der Waals surface area contributed by atoms with E-state index in [4.69, 9.17) is 4.42 Å². The highest BCUT2D eigenvalue weighted by atomic mass is 19.1. The molecule has 134 valence electrons. The topological polar surface area (TPSA) is 78.9 Å². The molecule has 0 amide bonds. The summed E-state index contributed by atoms with van der Waals surface area (Å²) in [5, 5.41) is 19.5. The minimum absolute atomic E-state index is 0.00366. The van der Waals surface area contributed by atoms with E-state index in [-0.39, 0.29) is 17.3 Å².